The number of carbonyl (C=O) groups is 1. The number of hydrogen-bond acceptors (Lipinski definition) is 2. The summed E-state index contributed by atoms with van der Waals surface area (Å²) in [4.78, 5) is 11.8. The lowest BCUT2D eigenvalue weighted by Gasteiger charge is -2.02. The largest absolute Gasteiger partial charge is 0.465 e. The highest BCUT2D eigenvalue weighted by atomic mass is 35.5. The summed E-state index contributed by atoms with van der Waals surface area (Å²) in [6.07, 6.45) is 2.73. The van der Waals surface area contributed by atoms with Crippen molar-refractivity contribution in [1.29, 1.82) is 0 Å². The Morgan fingerprint density at radius 1 is 1.10 bits per heavy atom. The third-order valence-electron chi connectivity index (χ3n) is 2.68. The maximum atomic E-state index is 11.8. The maximum absolute atomic E-state index is 11.8. The fourth-order valence-corrected chi connectivity index (χ4v) is 1.82. The van der Waals surface area contributed by atoms with Crippen molar-refractivity contribution in [3.63, 3.8) is 0 Å². The van der Waals surface area contributed by atoms with Crippen LogP contribution in [0.15, 0.2) is 54.8 Å². The molecular weight excluding hydrogens is 295 g/mol. The topological polar surface area (TPSA) is 26.3 Å². The molecular formula is C16H12Cl2O2. The van der Waals surface area contributed by atoms with E-state index in [1.165, 1.54) is 12.3 Å². The molecule has 2 aromatic carbocycles. The van der Waals surface area contributed by atoms with Crippen LogP contribution < -0.4 is 4.74 Å². The minimum atomic E-state index is -0.146. The fraction of sp³-hybridized carbons (Fsp3) is 0.0625. The number of rotatable bonds is 4. The van der Waals surface area contributed by atoms with Gasteiger partial charge in [-0.15, -0.1) is 0 Å². The molecule has 2 aromatic rings. The van der Waals surface area contributed by atoms with E-state index in [0.717, 1.165) is 5.56 Å². The molecule has 0 bridgehead atoms. The summed E-state index contributed by atoms with van der Waals surface area (Å²) in [6, 6.07) is 12.0. The zero-order valence-electron chi connectivity index (χ0n) is 10.8. The third-order valence-corrected chi connectivity index (χ3v) is 3.36. The van der Waals surface area contributed by atoms with Crippen LogP contribution in [-0.4, -0.2) is 5.78 Å². The highest BCUT2D eigenvalue weighted by Crippen LogP contribution is 2.21. The zero-order valence-corrected chi connectivity index (χ0v) is 12.3. The Hall–Kier alpha value is -1.77. The van der Waals surface area contributed by atoms with Gasteiger partial charge in [0, 0.05) is 21.7 Å². The number of hydrogen-bond donors (Lipinski definition) is 0. The third kappa shape index (κ3) is 3.86. The van der Waals surface area contributed by atoms with Gasteiger partial charge in [-0.1, -0.05) is 23.2 Å². The first-order valence-corrected chi connectivity index (χ1v) is 6.71. The van der Waals surface area contributed by atoms with Gasteiger partial charge in [0.1, 0.15) is 5.75 Å². The Bertz CT molecular complexity index is 646. The molecule has 0 saturated heterocycles. The molecule has 0 aliphatic carbocycles. The lowest BCUT2D eigenvalue weighted by Crippen LogP contribution is -1.94. The van der Waals surface area contributed by atoms with Crippen molar-refractivity contribution >= 4 is 29.0 Å². The monoisotopic (exact) mass is 306 g/mol. The van der Waals surface area contributed by atoms with Gasteiger partial charge in [0.2, 0.25) is 0 Å². The van der Waals surface area contributed by atoms with Crippen LogP contribution in [-0.2, 0) is 0 Å². The van der Waals surface area contributed by atoms with Crippen molar-refractivity contribution in [2.24, 2.45) is 0 Å². The summed E-state index contributed by atoms with van der Waals surface area (Å²) < 4.78 is 5.37. The van der Waals surface area contributed by atoms with Crippen LogP contribution in [0, 0.1) is 6.92 Å². The molecule has 0 unspecified atom stereocenters. The summed E-state index contributed by atoms with van der Waals surface area (Å²) in [5.41, 5.74) is 1.48. The Morgan fingerprint density at radius 2 is 1.80 bits per heavy atom. The first-order chi connectivity index (χ1) is 9.56. The highest BCUT2D eigenvalue weighted by molar-refractivity contribution is 6.31. The predicted octanol–water partition coefficient (Wildman–Crippen LogP) is 5.08. The molecule has 0 aliphatic rings. The Kier molecular flexibility index (Phi) is 4.83. The standard InChI is InChI=1S/C16H12Cl2O2/c1-11-10-14(6-7-15(11)18)20-9-8-16(19)12-2-4-13(17)5-3-12/h2-10H,1H3. The van der Waals surface area contributed by atoms with Gasteiger partial charge >= 0.3 is 0 Å². The van der Waals surface area contributed by atoms with Crippen LogP contribution >= 0.6 is 23.2 Å². The average molecular weight is 307 g/mol. The first kappa shape index (κ1) is 14.6. The number of allylic oxidation sites excluding steroid dienone is 1. The van der Waals surface area contributed by atoms with Crippen LogP contribution in [0.1, 0.15) is 15.9 Å². The van der Waals surface area contributed by atoms with Gasteiger partial charge in [-0.25, -0.2) is 0 Å². The Balaban J connectivity index is 2.00. The molecule has 0 amide bonds. The molecule has 0 fully saturated rings. The smallest absolute Gasteiger partial charge is 0.188 e. The Morgan fingerprint density at radius 3 is 2.45 bits per heavy atom. The number of carbonyl (C=O) groups excluding carboxylic acids is 1. The summed E-state index contributed by atoms with van der Waals surface area (Å²) >= 11 is 11.7. The van der Waals surface area contributed by atoms with Crippen molar-refractivity contribution < 1.29 is 9.53 Å². The van der Waals surface area contributed by atoms with Crippen LogP contribution in [0.3, 0.4) is 0 Å². The molecule has 102 valence electrons. The quantitative estimate of drug-likeness (QED) is 0.447. The van der Waals surface area contributed by atoms with Gasteiger partial charge in [-0.05, 0) is 55.0 Å². The summed E-state index contributed by atoms with van der Waals surface area (Å²) in [5.74, 6) is 0.486. The fourth-order valence-electron chi connectivity index (χ4n) is 1.58. The van der Waals surface area contributed by atoms with Crippen LogP contribution in [0.5, 0.6) is 5.75 Å². The Labute approximate surface area is 127 Å². The molecule has 0 atom stereocenters. The van der Waals surface area contributed by atoms with Crippen molar-refractivity contribution in [3.05, 3.63) is 76.0 Å². The van der Waals surface area contributed by atoms with E-state index in [9.17, 15) is 4.79 Å². The lowest BCUT2D eigenvalue weighted by atomic mass is 10.1. The molecule has 0 spiro atoms. The lowest BCUT2D eigenvalue weighted by molar-refractivity contribution is 0.104. The second-order valence-corrected chi connectivity index (χ2v) is 5.05. The van der Waals surface area contributed by atoms with Crippen molar-refractivity contribution in [2.45, 2.75) is 6.92 Å². The van der Waals surface area contributed by atoms with Crippen molar-refractivity contribution in [1.82, 2.24) is 0 Å². The highest BCUT2D eigenvalue weighted by Gasteiger charge is 2.01. The van der Waals surface area contributed by atoms with E-state index < -0.39 is 0 Å². The molecule has 4 heteroatoms. The van der Waals surface area contributed by atoms with E-state index in [-0.39, 0.29) is 5.78 Å². The van der Waals surface area contributed by atoms with Gasteiger partial charge in [0.25, 0.3) is 0 Å². The molecule has 2 nitrogen and oxygen atoms in total. The minimum Gasteiger partial charge on any atom is -0.465 e. The normalized spacial score (nSPS) is 10.8. The van der Waals surface area contributed by atoms with E-state index >= 15 is 0 Å². The van der Waals surface area contributed by atoms with E-state index in [1.807, 2.05) is 6.92 Å². The average Bonchev–Trinajstić information content (AvgIpc) is 2.43. The van der Waals surface area contributed by atoms with Gasteiger partial charge in [-0.3, -0.25) is 4.79 Å². The number of ether oxygens (including phenoxy) is 1. The maximum Gasteiger partial charge on any atom is 0.188 e. The second-order valence-electron chi connectivity index (χ2n) is 4.20. The van der Waals surface area contributed by atoms with Crippen LogP contribution in [0.25, 0.3) is 0 Å². The second kappa shape index (κ2) is 6.60. The van der Waals surface area contributed by atoms with E-state index in [1.54, 1.807) is 42.5 Å². The van der Waals surface area contributed by atoms with Crippen molar-refractivity contribution in [2.75, 3.05) is 0 Å². The number of ketones is 1. The number of halogens is 2. The molecule has 0 radical (unpaired) electrons. The number of benzene rings is 2. The number of aryl methyl sites for hydroxylation is 1. The molecule has 2 rings (SSSR count). The molecule has 0 aromatic heterocycles. The van der Waals surface area contributed by atoms with Gasteiger partial charge in [-0.2, -0.15) is 0 Å². The van der Waals surface area contributed by atoms with E-state index in [4.69, 9.17) is 27.9 Å². The molecule has 0 N–H and O–H groups in total. The summed E-state index contributed by atoms with van der Waals surface area (Å²) in [5, 5.41) is 1.27. The molecule has 0 aliphatic heterocycles. The first-order valence-electron chi connectivity index (χ1n) is 5.95. The predicted molar refractivity (Wildman–Crippen MR) is 81.7 cm³/mol. The molecule has 20 heavy (non-hydrogen) atoms. The SMILES string of the molecule is Cc1cc(OC=CC(=O)c2ccc(Cl)cc2)ccc1Cl. The molecule has 0 saturated carbocycles. The summed E-state index contributed by atoms with van der Waals surface area (Å²) in [6.45, 7) is 1.89. The van der Waals surface area contributed by atoms with Gasteiger partial charge in [0.05, 0.1) is 6.26 Å². The van der Waals surface area contributed by atoms with Crippen molar-refractivity contribution in [3.8, 4) is 5.75 Å². The van der Waals surface area contributed by atoms with Gasteiger partial charge in [0.15, 0.2) is 5.78 Å². The van der Waals surface area contributed by atoms with Gasteiger partial charge < -0.3 is 4.74 Å². The van der Waals surface area contributed by atoms with Crippen LogP contribution in [0.2, 0.25) is 10.0 Å². The van der Waals surface area contributed by atoms with E-state index in [2.05, 4.69) is 0 Å². The summed E-state index contributed by atoms with van der Waals surface area (Å²) in [7, 11) is 0. The van der Waals surface area contributed by atoms with Crippen LogP contribution in [0.4, 0.5) is 0 Å². The van der Waals surface area contributed by atoms with E-state index in [0.29, 0.717) is 21.4 Å². The minimum absolute atomic E-state index is 0.146. The zero-order chi connectivity index (χ0) is 14.5. The molecule has 0 heterocycles.